The van der Waals surface area contributed by atoms with Gasteiger partial charge in [0, 0.05) is 11.3 Å². The molecule has 1 heterocycles. The predicted octanol–water partition coefficient (Wildman–Crippen LogP) is 4.31. The van der Waals surface area contributed by atoms with Crippen molar-refractivity contribution in [2.24, 2.45) is 41.4 Å². The third-order valence-electron chi connectivity index (χ3n) is 7.98. The first-order valence-electron chi connectivity index (χ1n) is 12.6. The minimum absolute atomic E-state index is 0.112. The normalized spacial score (nSPS) is 29.2. The molecule has 2 bridgehead atoms. The molecule has 1 saturated heterocycles. The van der Waals surface area contributed by atoms with Crippen LogP contribution in [0.3, 0.4) is 0 Å². The Morgan fingerprint density at radius 2 is 1.44 bits per heavy atom. The zero-order valence-corrected chi connectivity index (χ0v) is 20.2. The summed E-state index contributed by atoms with van der Waals surface area (Å²) in [7, 11) is 0. The Morgan fingerprint density at radius 1 is 0.889 bits per heavy atom. The number of rotatable bonds is 6. The first-order chi connectivity index (χ1) is 17.3. The molecule has 3 fully saturated rings. The molecule has 5 aliphatic rings. The molecule has 1 aliphatic heterocycles. The van der Waals surface area contributed by atoms with Gasteiger partial charge in [0.2, 0.25) is 11.8 Å². The highest BCUT2D eigenvalue weighted by Gasteiger charge is 2.67. The van der Waals surface area contributed by atoms with E-state index in [0.717, 1.165) is 6.42 Å². The monoisotopic (exact) mass is 484 g/mol. The van der Waals surface area contributed by atoms with Gasteiger partial charge in [-0.15, -0.1) is 0 Å². The first-order valence-corrected chi connectivity index (χ1v) is 12.6. The van der Waals surface area contributed by atoms with Crippen LogP contribution in [0.1, 0.15) is 41.0 Å². The average molecular weight is 485 g/mol. The summed E-state index contributed by atoms with van der Waals surface area (Å²) in [5, 5.41) is 2.80. The zero-order valence-electron chi connectivity index (χ0n) is 20.2. The third kappa shape index (κ3) is 3.65. The third-order valence-corrected chi connectivity index (χ3v) is 7.98. The van der Waals surface area contributed by atoms with Gasteiger partial charge in [-0.3, -0.25) is 19.3 Å². The molecule has 184 valence electrons. The highest BCUT2D eigenvalue weighted by Crippen LogP contribution is 2.65. The number of esters is 1. The number of benzene rings is 2. The van der Waals surface area contributed by atoms with Gasteiger partial charge in [0.15, 0.2) is 0 Å². The molecular formula is C29H28N2O5. The maximum atomic E-state index is 13.3. The summed E-state index contributed by atoms with van der Waals surface area (Å²) in [5.74, 6) is 0.290. The molecule has 2 aromatic rings. The van der Waals surface area contributed by atoms with E-state index in [1.54, 1.807) is 48.5 Å². The Kier molecular flexibility index (Phi) is 5.32. The molecule has 0 spiro atoms. The van der Waals surface area contributed by atoms with E-state index in [2.05, 4.69) is 17.5 Å². The fraction of sp³-hybridized carbons (Fsp3) is 0.379. The molecule has 36 heavy (non-hydrogen) atoms. The number of ether oxygens (including phenoxy) is 1. The average Bonchev–Trinajstić information content (AvgIpc) is 3.66. The standard InChI is InChI=1S/C29H28N2O5/c1-15(2)14-36-29(35)17-3-7-18(8-4-17)30-26(32)16-5-9-19(10-6-16)31-27(33)24-20-11-12-21(23-13-22(20)23)25(24)28(31)34/h3-12,15,20-25H,13-14H2,1-2H3,(H,30,32)/t20-,21-,22-,23-,24+,25+/m1/s1. The lowest BCUT2D eigenvalue weighted by atomic mass is 9.63. The summed E-state index contributed by atoms with van der Waals surface area (Å²) < 4.78 is 5.22. The van der Waals surface area contributed by atoms with Gasteiger partial charge < -0.3 is 10.1 Å². The number of amides is 3. The van der Waals surface area contributed by atoms with Crippen molar-refractivity contribution < 1.29 is 23.9 Å². The van der Waals surface area contributed by atoms with Crippen LogP contribution in [0.2, 0.25) is 0 Å². The predicted molar refractivity (Wildman–Crippen MR) is 133 cm³/mol. The van der Waals surface area contributed by atoms with Crippen molar-refractivity contribution in [2.75, 3.05) is 16.8 Å². The number of imide groups is 1. The van der Waals surface area contributed by atoms with E-state index in [0.29, 0.717) is 40.9 Å². The van der Waals surface area contributed by atoms with E-state index in [1.807, 2.05) is 13.8 Å². The van der Waals surface area contributed by atoms with Gasteiger partial charge in [-0.1, -0.05) is 26.0 Å². The minimum Gasteiger partial charge on any atom is -0.462 e. The summed E-state index contributed by atoms with van der Waals surface area (Å²) in [4.78, 5) is 52.7. The van der Waals surface area contributed by atoms with E-state index in [1.165, 1.54) is 4.90 Å². The first kappa shape index (κ1) is 22.7. The van der Waals surface area contributed by atoms with E-state index >= 15 is 0 Å². The Bertz CT molecular complexity index is 1240. The number of carbonyl (C=O) groups is 4. The molecule has 4 aliphatic carbocycles. The van der Waals surface area contributed by atoms with E-state index < -0.39 is 5.97 Å². The summed E-state index contributed by atoms with van der Waals surface area (Å²) >= 11 is 0. The lowest BCUT2D eigenvalue weighted by Gasteiger charge is -2.37. The number of carbonyl (C=O) groups excluding carboxylic acids is 4. The van der Waals surface area contributed by atoms with Crippen LogP contribution in [0.25, 0.3) is 0 Å². The summed E-state index contributed by atoms with van der Waals surface area (Å²) in [6.07, 6.45) is 5.44. The van der Waals surface area contributed by atoms with Gasteiger partial charge in [-0.2, -0.15) is 0 Å². The molecule has 0 unspecified atom stereocenters. The van der Waals surface area contributed by atoms with Crippen LogP contribution in [-0.4, -0.2) is 30.3 Å². The highest BCUT2D eigenvalue weighted by molar-refractivity contribution is 6.22. The van der Waals surface area contributed by atoms with E-state index in [4.69, 9.17) is 4.74 Å². The Hall–Kier alpha value is -3.74. The van der Waals surface area contributed by atoms with Crippen molar-refractivity contribution in [2.45, 2.75) is 20.3 Å². The maximum absolute atomic E-state index is 13.3. The van der Waals surface area contributed by atoms with Crippen molar-refractivity contribution in [1.29, 1.82) is 0 Å². The van der Waals surface area contributed by atoms with E-state index in [9.17, 15) is 19.2 Å². The Morgan fingerprint density at radius 3 is 2.00 bits per heavy atom. The topological polar surface area (TPSA) is 92.8 Å². The largest absolute Gasteiger partial charge is 0.462 e. The van der Waals surface area contributed by atoms with Crippen LogP contribution in [0.15, 0.2) is 60.7 Å². The summed E-state index contributed by atoms with van der Waals surface area (Å²) in [5.41, 5.74) is 1.87. The second kappa shape index (κ2) is 8.43. The Labute approximate surface area is 209 Å². The molecule has 2 saturated carbocycles. The van der Waals surface area contributed by atoms with Crippen molar-refractivity contribution in [3.05, 3.63) is 71.8 Å². The molecule has 3 amide bonds. The number of nitrogens with zero attached hydrogens (tertiary/aromatic N) is 1. The lowest BCUT2D eigenvalue weighted by Crippen LogP contribution is -2.40. The molecule has 6 atom stereocenters. The second-order valence-corrected chi connectivity index (χ2v) is 10.7. The lowest BCUT2D eigenvalue weighted by molar-refractivity contribution is -0.124. The van der Waals surface area contributed by atoms with Gasteiger partial charge in [0.25, 0.3) is 5.91 Å². The number of nitrogens with one attached hydrogen (secondary N) is 1. The van der Waals surface area contributed by atoms with Crippen LogP contribution in [-0.2, 0) is 14.3 Å². The molecule has 0 aromatic heterocycles. The number of hydrogen-bond acceptors (Lipinski definition) is 5. The quantitative estimate of drug-likeness (QED) is 0.375. The smallest absolute Gasteiger partial charge is 0.338 e. The molecule has 0 radical (unpaired) electrons. The van der Waals surface area contributed by atoms with Crippen molar-refractivity contribution >= 4 is 35.1 Å². The summed E-state index contributed by atoms with van der Waals surface area (Å²) in [6, 6.07) is 13.1. The molecule has 7 rings (SSSR count). The molecule has 7 heteroatoms. The fourth-order valence-electron chi connectivity index (χ4n) is 6.19. The van der Waals surface area contributed by atoms with Crippen LogP contribution in [0.5, 0.6) is 0 Å². The Balaban J connectivity index is 1.12. The van der Waals surface area contributed by atoms with Gasteiger partial charge >= 0.3 is 5.97 Å². The van der Waals surface area contributed by atoms with Crippen molar-refractivity contribution in [1.82, 2.24) is 0 Å². The van der Waals surface area contributed by atoms with Gasteiger partial charge in [0.1, 0.15) is 0 Å². The SMILES string of the molecule is CC(C)COC(=O)c1ccc(NC(=O)c2ccc(N3C(=O)[C@H]4[C@@H]5C=C[C@H]([C@H]6C[C@H]56)[C@@H]4C3=O)cc2)cc1. The molecule has 7 nitrogen and oxygen atoms in total. The van der Waals surface area contributed by atoms with E-state index in [-0.39, 0.29) is 47.3 Å². The van der Waals surface area contributed by atoms with Crippen LogP contribution in [0.4, 0.5) is 11.4 Å². The van der Waals surface area contributed by atoms with Crippen LogP contribution >= 0.6 is 0 Å². The van der Waals surface area contributed by atoms with Crippen LogP contribution in [0, 0.1) is 41.4 Å². The fourth-order valence-corrected chi connectivity index (χ4v) is 6.19. The van der Waals surface area contributed by atoms with Crippen LogP contribution < -0.4 is 10.2 Å². The summed E-state index contributed by atoms with van der Waals surface area (Å²) in [6.45, 7) is 4.28. The van der Waals surface area contributed by atoms with Crippen molar-refractivity contribution in [3.63, 3.8) is 0 Å². The molecule has 1 N–H and O–H groups in total. The number of anilines is 2. The number of hydrogen-bond donors (Lipinski definition) is 1. The van der Waals surface area contributed by atoms with Crippen molar-refractivity contribution in [3.8, 4) is 0 Å². The molecule has 2 aromatic carbocycles. The van der Waals surface area contributed by atoms with Gasteiger partial charge in [0.05, 0.1) is 29.7 Å². The minimum atomic E-state index is -0.399. The second-order valence-electron chi connectivity index (χ2n) is 10.7. The number of allylic oxidation sites excluding steroid dienone is 2. The maximum Gasteiger partial charge on any atom is 0.338 e. The van der Waals surface area contributed by atoms with Gasteiger partial charge in [-0.25, -0.2) is 4.79 Å². The zero-order chi connectivity index (χ0) is 25.1. The van der Waals surface area contributed by atoms with Gasteiger partial charge in [-0.05, 0) is 84.5 Å². The molecular weight excluding hydrogens is 456 g/mol. The highest BCUT2D eigenvalue weighted by atomic mass is 16.5.